The van der Waals surface area contributed by atoms with E-state index in [2.05, 4.69) is 0 Å². The Morgan fingerprint density at radius 1 is 0.958 bits per heavy atom. The monoisotopic (exact) mass is 319 g/mol. The topological polar surface area (TPSA) is 40.5 Å². The number of aromatic hydroxyl groups is 1. The molecular formula is C21H21NO2. The molecule has 3 nitrogen and oxygen atoms in total. The van der Waals surface area contributed by atoms with Gasteiger partial charge in [0.2, 0.25) is 0 Å². The van der Waals surface area contributed by atoms with Gasteiger partial charge >= 0.3 is 0 Å². The summed E-state index contributed by atoms with van der Waals surface area (Å²) in [6.45, 7) is 4.49. The van der Waals surface area contributed by atoms with E-state index >= 15 is 0 Å². The summed E-state index contributed by atoms with van der Waals surface area (Å²) in [5.74, 6) is -0.103. The van der Waals surface area contributed by atoms with E-state index in [4.69, 9.17) is 0 Å². The molecule has 0 saturated carbocycles. The van der Waals surface area contributed by atoms with Crippen LogP contribution in [0.15, 0.2) is 66.7 Å². The zero-order chi connectivity index (χ0) is 17.1. The minimum atomic E-state index is -0.155. The SMILES string of the molecule is CC(C)N(Cc1ccccc1)C(=O)c1ccc2ccccc2c1O. The summed E-state index contributed by atoms with van der Waals surface area (Å²) in [5, 5.41) is 12.2. The molecule has 0 saturated heterocycles. The molecule has 0 unspecified atom stereocenters. The number of carbonyl (C=O) groups excluding carboxylic acids is 1. The van der Waals surface area contributed by atoms with Crippen LogP contribution in [0.1, 0.15) is 29.8 Å². The van der Waals surface area contributed by atoms with Crippen molar-refractivity contribution in [2.75, 3.05) is 0 Å². The predicted molar refractivity (Wildman–Crippen MR) is 97.1 cm³/mol. The van der Waals surface area contributed by atoms with E-state index in [9.17, 15) is 9.90 Å². The van der Waals surface area contributed by atoms with Crippen LogP contribution in [0.3, 0.4) is 0 Å². The van der Waals surface area contributed by atoms with Gasteiger partial charge in [-0.2, -0.15) is 0 Å². The van der Waals surface area contributed by atoms with Gasteiger partial charge in [0.05, 0.1) is 5.56 Å². The normalized spacial score (nSPS) is 11.0. The van der Waals surface area contributed by atoms with Crippen molar-refractivity contribution in [2.24, 2.45) is 0 Å². The van der Waals surface area contributed by atoms with Gasteiger partial charge in [-0.1, -0.05) is 60.7 Å². The molecule has 3 aromatic rings. The first kappa shape index (κ1) is 16.1. The summed E-state index contributed by atoms with van der Waals surface area (Å²) < 4.78 is 0. The maximum Gasteiger partial charge on any atom is 0.258 e. The Morgan fingerprint density at radius 3 is 2.33 bits per heavy atom. The maximum atomic E-state index is 13.0. The number of phenols is 1. The van der Waals surface area contributed by atoms with Crippen LogP contribution >= 0.6 is 0 Å². The highest BCUT2D eigenvalue weighted by atomic mass is 16.3. The smallest absolute Gasteiger partial charge is 0.258 e. The van der Waals surface area contributed by atoms with Gasteiger partial charge in [-0.25, -0.2) is 0 Å². The number of rotatable bonds is 4. The van der Waals surface area contributed by atoms with Crippen LogP contribution in [0.25, 0.3) is 10.8 Å². The van der Waals surface area contributed by atoms with E-state index in [1.165, 1.54) is 0 Å². The lowest BCUT2D eigenvalue weighted by Crippen LogP contribution is -2.36. The van der Waals surface area contributed by atoms with Crippen molar-refractivity contribution in [3.63, 3.8) is 0 Å². The van der Waals surface area contributed by atoms with Crippen LogP contribution in [0.4, 0.5) is 0 Å². The lowest BCUT2D eigenvalue weighted by Gasteiger charge is -2.27. The Bertz CT molecular complexity index is 856. The summed E-state index contributed by atoms with van der Waals surface area (Å²) >= 11 is 0. The molecular weight excluding hydrogens is 298 g/mol. The molecule has 3 heteroatoms. The third kappa shape index (κ3) is 3.11. The number of benzene rings is 3. The second kappa shape index (κ2) is 6.75. The second-order valence-electron chi connectivity index (χ2n) is 6.20. The Morgan fingerprint density at radius 2 is 1.62 bits per heavy atom. The van der Waals surface area contributed by atoms with Gasteiger partial charge in [-0.05, 0) is 30.9 Å². The van der Waals surface area contributed by atoms with Gasteiger partial charge in [-0.3, -0.25) is 4.79 Å². The average molecular weight is 319 g/mol. The van der Waals surface area contributed by atoms with Crippen molar-refractivity contribution in [1.82, 2.24) is 4.90 Å². The molecule has 0 atom stereocenters. The number of hydrogen-bond acceptors (Lipinski definition) is 2. The number of hydrogen-bond donors (Lipinski definition) is 1. The molecule has 0 aliphatic rings. The van der Waals surface area contributed by atoms with Crippen LogP contribution in [0, 0.1) is 0 Å². The fraction of sp³-hybridized carbons (Fsp3) is 0.190. The summed E-state index contributed by atoms with van der Waals surface area (Å²) in [6.07, 6.45) is 0. The highest BCUT2D eigenvalue weighted by molar-refractivity contribution is 6.03. The Labute approximate surface area is 142 Å². The van der Waals surface area contributed by atoms with Crippen LogP contribution in [-0.4, -0.2) is 22.0 Å². The van der Waals surface area contributed by atoms with Gasteiger partial charge in [0.1, 0.15) is 5.75 Å². The summed E-state index contributed by atoms with van der Waals surface area (Å²) in [5.41, 5.74) is 1.41. The van der Waals surface area contributed by atoms with Crippen molar-refractivity contribution in [3.05, 3.63) is 77.9 Å². The number of amides is 1. The largest absolute Gasteiger partial charge is 0.506 e. The average Bonchev–Trinajstić information content (AvgIpc) is 2.60. The van der Waals surface area contributed by atoms with Gasteiger partial charge in [-0.15, -0.1) is 0 Å². The summed E-state index contributed by atoms with van der Waals surface area (Å²) in [7, 11) is 0. The van der Waals surface area contributed by atoms with E-state index in [0.717, 1.165) is 10.9 Å². The van der Waals surface area contributed by atoms with E-state index in [-0.39, 0.29) is 17.7 Å². The number of phenolic OH excluding ortho intramolecular Hbond substituents is 1. The number of carbonyl (C=O) groups is 1. The van der Waals surface area contributed by atoms with Crippen molar-refractivity contribution in [3.8, 4) is 5.75 Å². The summed E-state index contributed by atoms with van der Waals surface area (Å²) in [4.78, 5) is 14.8. The fourth-order valence-electron chi connectivity index (χ4n) is 2.85. The van der Waals surface area contributed by atoms with E-state index in [1.807, 2.05) is 74.5 Å². The molecule has 122 valence electrons. The minimum absolute atomic E-state index is 0.0311. The molecule has 0 spiro atoms. The van der Waals surface area contributed by atoms with Crippen LogP contribution in [-0.2, 0) is 6.54 Å². The van der Waals surface area contributed by atoms with E-state index in [1.54, 1.807) is 11.0 Å². The molecule has 24 heavy (non-hydrogen) atoms. The minimum Gasteiger partial charge on any atom is -0.506 e. The van der Waals surface area contributed by atoms with E-state index in [0.29, 0.717) is 17.5 Å². The molecule has 0 heterocycles. The third-order valence-electron chi connectivity index (χ3n) is 4.21. The highest BCUT2D eigenvalue weighted by Gasteiger charge is 2.22. The van der Waals surface area contributed by atoms with Gasteiger partial charge in [0, 0.05) is 18.0 Å². The highest BCUT2D eigenvalue weighted by Crippen LogP contribution is 2.30. The first-order chi connectivity index (χ1) is 11.6. The van der Waals surface area contributed by atoms with Crippen molar-refractivity contribution >= 4 is 16.7 Å². The maximum absolute atomic E-state index is 13.0. The molecule has 0 aliphatic heterocycles. The second-order valence-corrected chi connectivity index (χ2v) is 6.20. The molecule has 3 rings (SSSR count). The van der Waals surface area contributed by atoms with Crippen molar-refractivity contribution in [2.45, 2.75) is 26.4 Å². The van der Waals surface area contributed by atoms with Gasteiger partial charge in [0.25, 0.3) is 5.91 Å². The first-order valence-electron chi connectivity index (χ1n) is 8.13. The molecule has 0 aromatic heterocycles. The van der Waals surface area contributed by atoms with Crippen molar-refractivity contribution in [1.29, 1.82) is 0 Å². The molecule has 1 amide bonds. The molecule has 1 N–H and O–H groups in total. The van der Waals surface area contributed by atoms with E-state index < -0.39 is 0 Å². The van der Waals surface area contributed by atoms with Crippen LogP contribution in [0.2, 0.25) is 0 Å². The fourth-order valence-corrected chi connectivity index (χ4v) is 2.85. The van der Waals surface area contributed by atoms with Crippen LogP contribution in [0.5, 0.6) is 5.75 Å². The molecule has 3 aromatic carbocycles. The zero-order valence-corrected chi connectivity index (χ0v) is 13.9. The quantitative estimate of drug-likeness (QED) is 0.763. The zero-order valence-electron chi connectivity index (χ0n) is 13.9. The Balaban J connectivity index is 1.97. The molecule has 0 fully saturated rings. The van der Waals surface area contributed by atoms with Crippen LogP contribution < -0.4 is 0 Å². The summed E-state index contributed by atoms with van der Waals surface area (Å²) in [6, 6.07) is 21.0. The number of fused-ring (bicyclic) bond motifs is 1. The molecule has 0 aliphatic carbocycles. The van der Waals surface area contributed by atoms with Gasteiger partial charge in [0.15, 0.2) is 0 Å². The molecule has 0 radical (unpaired) electrons. The predicted octanol–water partition coefficient (Wildman–Crippen LogP) is 4.60. The third-order valence-corrected chi connectivity index (χ3v) is 4.21. The first-order valence-corrected chi connectivity index (χ1v) is 8.13. The lowest BCUT2D eigenvalue weighted by atomic mass is 10.0. The Kier molecular flexibility index (Phi) is 4.52. The Hall–Kier alpha value is -2.81. The number of nitrogens with zero attached hydrogens (tertiary/aromatic N) is 1. The van der Waals surface area contributed by atoms with Crippen molar-refractivity contribution < 1.29 is 9.90 Å². The standard InChI is InChI=1S/C21H21NO2/c1-15(2)22(14-16-8-4-3-5-9-16)21(24)19-13-12-17-10-6-7-11-18(17)20(19)23/h3-13,15,23H,14H2,1-2H3. The van der Waals surface area contributed by atoms with Gasteiger partial charge < -0.3 is 10.0 Å². The lowest BCUT2D eigenvalue weighted by molar-refractivity contribution is 0.0687. The molecule has 0 bridgehead atoms.